The lowest BCUT2D eigenvalue weighted by Gasteiger charge is -2.12. The van der Waals surface area contributed by atoms with Crippen LogP contribution in [0.25, 0.3) is 6.08 Å². The predicted molar refractivity (Wildman–Crippen MR) is 117 cm³/mol. The number of amidine groups is 1. The van der Waals surface area contributed by atoms with Crippen LogP contribution in [0.1, 0.15) is 11.1 Å². The van der Waals surface area contributed by atoms with Crippen molar-refractivity contribution in [2.45, 2.75) is 6.92 Å². The van der Waals surface area contributed by atoms with Gasteiger partial charge in [0.1, 0.15) is 6.61 Å². The van der Waals surface area contributed by atoms with Gasteiger partial charge in [0, 0.05) is 10.0 Å². The Hall–Kier alpha value is -2.69. The number of methoxy groups -OCH3 is 1. The highest BCUT2D eigenvalue weighted by atomic mass is 79.9. The summed E-state index contributed by atoms with van der Waals surface area (Å²) in [6.45, 7) is 2.10. The summed E-state index contributed by atoms with van der Waals surface area (Å²) in [5.41, 5.74) is 2.60. The van der Waals surface area contributed by atoms with Gasteiger partial charge in [-0.1, -0.05) is 39.5 Å². The summed E-state index contributed by atoms with van der Waals surface area (Å²) >= 11 is 4.71. The van der Waals surface area contributed by atoms with Gasteiger partial charge in [-0.3, -0.25) is 4.79 Å². The smallest absolute Gasteiger partial charge is 0.264 e. The van der Waals surface area contributed by atoms with Crippen LogP contribution < -0.4 is 14.8 Å². The average Bonchev–Trinajstić information content (AvgIpc) is 3.01. The summed E-state index contributed by atoms with van der Waals surface area (Å²) in [6, 6.07) is 11.4. The second-order valence-electron chi connectivity index (χ2n) is 5.84. The molecule has 28 heavy (non-hydrogen) atoms. The van der Waals surface area contributed by atoms with E-state index in [1.807, 2.05) is 37.3 Å². The monoisotopic (exact) mass is 456 g/mol. The van der Waals surface area contributed by atoms with Crippen LogP contribution in [0.5, 0.6) is 11.5 Å². The van der Waals surface area contributed by atoms with Gasteiger partial charge in [0.2, 0.25) is 0 Å². The summed E-state index contributed by atoms with van der Waals surface area (Å²) in [7, 11) is 1.55. The Kier molecular flexibility index (Phi) is 6.45. The Morgan fingerprint density at radius 2 is 2.07 bits per heavy atom. The van der Waals surface area contributed by atoms with Crippen molar-refractivity contribution in [1.82, 2.24) is 5.32 Å². The first kappa shape index (κ1) is 20.1. The SMILES string of the molecule is C#CCOc1c(C=C2SC(=Nc3ccc(C)cc3)NC2=O)cc(Br)cc1OC. The molecule has 1 N–H and O–H groups in total. The molecule has 2 aromatic rings. The average molecular weight is 457 g/mol. The third-order valence-corrected chi connectivity index (χ3v) is 5.14. The van der Waals surface area contributed by atoms with Crippen molar-refractivity contribution < 1.29 is 14.3 Å². The van der Waals surface area contributed by atoms with E-state index >= 15 is 0 Å². The van der Waals surface area contributed by atoms with Gasteiger partial charge in [-0.25, -0.2) is 4.99 Å². The minimum atomic E-state index is -0.224. The van der Waals surface area contributed by atoms with E-state index in [0.29, 0.717) is 27.1 Å². The third-order valence-electron chi connectivity index (χ3n) is 3.77. The first-order chi connectivity index (χ1) is 13.5. The standard InChI is InChI=1S/C21H17BrN2O3S/c1-4-9-27-19-14(10-15(22)12-17(19)26-3)11-18-20(25)24-21(28-18)23-16-7-5-13(2)6-8-16/h1,5-8,10-12H,9H2,2-3H3,(H,23,24,25). The van der Waals surface area contributed by atoms with Crippen LogP contribution in [0.2, 0.25) is 0 Å². The largest absolute Gasteiger partial charge is 0.493 e. The van der Waals surface area contributed by atoms with Crippen LogP contribution in [0.4, 0.5) is 5.69 Å². The molecule has 0 spiro atoms. The van der Waals surface area contributed by atoms with Gasteiger partial charge in [0.25, 0.3) is 5.91 Å². The molecule has 1 fully saturated rings. The quantitative estimate of drug-likeness (QED) is 0.524. The Balaban J connectivity index is 1.93. The minimum Gasteiger partial charge on any atom is -0.493 e. The van der Waals surface area contributed by atoms with Crippen LogP contribution in [0.3, 0.4) is 0 Å². The maximum Gasteiger partial charge on any atom is 0.264 e. The number of carbonyl (C=O) groups is 1. The van der Waals surface area contributed by atoms with E-state index < -0.39 is 0 Å². The van der Waals surface area contributed by atoms with Crippen molar-refractivity contribution in [1.29, 1.82) is 0 Å². The number of nitrogens with zero attached hydrogens (tertiary/aromatic N) is 1. The number of thioether (sulfide) groups is 1. The van der Waals surface area contributed by atoms with Crippen LogP contribution in [0.15, 0.2) is 50.8 Å². The van der Waals surface area contributed by atoms with E-state index in [1.165, 1.54) is 11.8 Å². The number of hydrogen-bond acceptors (Lipinski definition) is 5. The van der Waals surface area contributed by atoms with E-state index in [9.17, 15) is 4.79 Å². The first-order valence-electron chi connectivity index (χ1n) is 8.30. The molecule has 0 saturated carbocycles. The van der Waals surface area contributed by atoms with Crippen LogP contribution in [-0.2, 0) is 4.79 Å². The maximum absolute atomic E-state index is 12.4. The van der Waals surface area contributed by atoms with Crippen LogP contribution in [0, 0.1) is 19.3 Å². The molecule has 3 rings (SSSR count). The van der Waals surface area contributed by atoms with Crippen molar-refractivity contribution in [3.8, 4) is 23.8 Å². The molecule has 5 nitrogen and oxygen atoms in total. The van der Waals surface area contributed by atoms with Gasteiger partial charge in [0.15, 0.2) is 16.7 Å². The predicted octanol–water partition coefficient (Wildman–Crippen LogP) is 4.67. The maximum atomic E-state index is 12.4. The molecule has 142 valence electrons. The van der Waals surface area contributed by atoms with Gasteiger partial charge >= 0.3 is 0 Å². The molecular formula is C21H17BrN2O3S. The molecule has 0 bridgehead atoms. The number of hydrogen-bond donors (Lipinski definition) is 1. The van der Waals surface area contributed by atoms with E-state index in [0.717, 1.165) is 15.7 Å². The highest BCUT2D eigenvalue weighted by molar-refractivity contribution is 9.10. The molecule has 0 atom stereocenters. The zero-order valence-electron chi connectivity index (χ0n) is 15.3. The Morgan fingerprint density at radius 1 is 1.32 bits per heavy atom. The minimum absolute atomic E-state index is 0.0909. The summed E-state index contributed by atoms with van der Waals surface area (Å²) in [5.74, 6) is 3.21. The third kappa shape index (κ3) is 4.77. The summed E-state index contributed by atoms with van der Waals surface area (Å²) in [5, 5.41) is 3.30. The molecule has 2 aromatic carbocycles. The molecule has 0 aliphatic carbocycles. The second kappa shape index (κ2) is 9.00. The lowest BCUT2D eigenvalue weighted by atomic mass is 10.1. The lowest BCUT2D eigenvalue weighted by Crippen LogP contribution is -2.19. The fourth-order valence-electron chi connectivity index (χ4n) is 2.47. The van der Waals surface area contributed by atoms with Crippen LogP contribution >= 0.6 is 27.7 Å². The zero-order chi connectivity index (χ0) is 20.1. The van der Waals surface area contributed by atoms with Crippen molar-refractivity contribution >= 4 is 50.5 Å². The molecule has 7 heteroatoms. The molecule has 1 aliphatic rings. The number of aryl methyl sites for hydroxylation is 1. The van der Waals surface area contributed by atoms with Gasteiger partial charge in [-0.05, 0) is 49.0 Å². The molecule has 1 saturated heterocycles. The van der Waals surface area contributed by atoms with Crippen molar-refractivity contribution in [2.75, 3.05) is 13.7 Å². The molecule has 1 aliphatic heterocycles. The van der Waals surface area contributed by atoms with Crippen LogP contribution in [-0.4, -0.2) is 24.8 Å². The first-order valence-corrected chi connectivity index (χ1v) is 9.91. The van der Waals surface area contributed by atoms with E-state index in [-0.39, 0.29) is 12.5 Å². The second-order valence-corrected chi connectivity index (χ2v) is 7.78. The van der Waals surface area contributed by atoms with Gasteiger partial charge in [-0.15, -0.1) is 6.42 Å². The number of rotatable bonds is 5. The molecule has 0 radical (unpaired) electrons. The summed E-state index contributed by atoms with van der Waals surface area (Å²) < 4.78 is 11.8. The number of aliphatic imine (C=N–C) groups is 1. The van der Waals surface area contributed by atoms with Gasteiger partial charge in [-0.2, -0.15) is 0 Å². The topological polar surface area (TPSA) is 59.9 Å². The number of carbonyl (C=O) groups excluding carboxylic acids is 1. The van der Waals surface area contributed by atoms with Crippen molar-refractivity contribution in [2.24, 2.45) is 4.99 Å². The van der Waals surface area contributed by atoms with E-state index in [2.05, 4.69) is 32.2 Å². The highest BCUT2D eigenvalue weighted by Crippen LogP contribution is 2.38. The normalized spacial score (nSPS) is 16.1. The molecule has 1 heterocycles. The van der Waals surface area contributed by atoms with Crippen molar-refractivity contribution in [3.05, 3.63) is 56.9 Å². The number of amides is 1. The number of terminal acetylenes is 1. The Labute approximate surface area is 176 Å². The van der Waals surface area contributed by atoms with Crippen molar-refractivity contribution in [3.63, 3.8) is 0 Å². The molecule has 0 unspecified atom stereocenters. The summed E-state index contributed by atoms with van der Waals surface area (Å²) in [6.07, 6.45) is 7.04. The fourth-order valence-corrected chi connectivity index (χ4v) is 3.76. The molecular weight excluding hydrogens is 440 g/mol. The molecule has 1 amide bonds. The molecule has 0 aromatic heterocycles. The summed E-state index contributed by atoms with van der Waals surface area (Å²) in [4.78, 5) is 17.4. The Morgan fingerprint density at radius 3 is 2.75 bits per heavy atom. The van der Waals surface area contributed by atoms with Gasteiger partial charge in [0.05, 0.1) is 17.7 Å². The number of halogens is 1. The van der Waals surface area contributed by atoms with E-state index in [4.69, 9.17) is 15.9 Å². The number of benzene rings is 2. The zero-order valence-corrected chi connectivity index (χ0v) is 17.7. The number of ether oxygens (including phenoxy) is 2. The highest BCUT2D eigenvalue weighted by Gasteiger charge is 2.25. The number of nitrogens with one attached hydrogen (secondary N) is 1. The fraction of sp³-hybridized carbons (Fsp3) is 0.143. The Bertz CT molecular complexity index is 1010. The van der Waals surface area contributed by atoms with E-state index in [1.54, 1.807) is 19.3 Å². The van der Waals surface area contributed by atoms with Gasteiger partial charge < -0.3 is 14.8 Å². The lowest BCUT2D eigenvalue weighted by molar-refractivity contribution is -0.115.